The van der Waals surface area contributed by atoms with E-state index >= 15 is 0 Å². The van der Waals surface area contributed by atoms with E-state index in [1.54, 1.807) is 39.0 Å². The van der Waals surface area contributed by atoms with Crippen LogP contribution < -0.4 is 10.3 Å². The lowest BCUT2D eigenvalue weighted by Crippen LogP contribution is -2.35. The van der Waals surface area contributed by atoms with Crippen LogP contribution in [0.15, 0.2) is 58.2 Å². The Kier molecular flexibility index (Phi) is 5.38. The highest BCUT2D eigenvalue weighted by Crippen LogP contribution is 2.23. The number of hydrogen-bond acceptors (Lipinski definition) is 5. The second-order valence-electron chi connectivity index (χ2n) is 7.17. The van der Waals surface area contributed by atoms with Crippen LogP contribution >= 0.6 is 0 Å². The highest BCUT2D eigenvalue weighted by molar-refractivity contribution is 7.89. The number of fused-ring (bicyclic) bond motifs is 1. The molecule has 8 heteroatoms. The van der Waals surface area contributed by atoms with E-state index in [4.69, 9.17) is 4.74 Å². The van der Waals surface area contributed by atoms with Crippen LogP contribution in [0, 0.1) is 6.92 Å². The van der Waals surface area contributed by atoms with E-state index in [-0.39, 0.29) is 17.1 Å². The number of aromatic nitrogens is 2. The van der Waals surface area contributed by atoms with Gasteiger partial charge in [-0.25, -0.2) is 13.4 Å². The quantitative estimate of drug-likeness (QED) is 0.642. The molecule has 7 nitrogen and oxygen atoms in total. The molecule has 29 heavy (non-hydrogen) atoms. The number of nitrogens with zero attached hydrogens (tertiary/aromatic N) is 3. The third-order valence-corrected chi connectivity index (χ3v) is 7.01. The summed E-state index contributed by atoms with van der Waals surface area (Å²) in [5.74, 6) is 0.522. The number of piperidine rings is 1. The zero-order chi connectivity index (χ0) is 20.4. The molecule has 0 atom stereocenters. The predicted octanol–water partition coefficient (Wildman–Crippen LogP) is 2.76. The first-order valence-electron chi connectivity index (χ1n) is 9.66. The van der Waals surface area contributed by atoms with Crippen molar-refractivity contribution in [1.82, 2.24) is 13.7 Å². The van der Waals surface area contributed by atoms with Gasteiger partial charge in [0.25, 0.3) is 5.56 Å². The molecular weight excluding hydrogens is 390 g/mol. The van der Waals surface area contributed by atoms with E-state index in [0.29, 0.717) is 30.2 Å². The lowest BCUT2D eigenvalue weighted by molar-refractivity contribution is 0.301. The van der Waals surface area contributed by atoms with Crippen LogP contribution in [-0.4, -0.2) is 35.2 Å². The van der Waals surface area contributed by atoms with Crippen molar-refractivity contribution in [2.45, 2.75) is 37.7 Å². The van der Waals surface area contributed by atoms with Gasteiger partial charge in [-0.3, -0.25) is 9.20 Å². The Morgan fingerprint density at radius 1 is 1.03 bits per heavy atom. The highest BCUT2D eigenvalue weighted by atomic mass is 32.2. The fourth-order valence-electron chi connectivity index (χ4n) is 3.56. The number of sulfonamides is 1. The number of hydrogen-bond donors (Lipinski definition) is 0. The monoisotopic (exact) mass is 413 g/mol. The van der Waals surface area contributed by atoms with E-state index in [1.165, 1.54) is 6.07 Å². The number of rotatable bonds is 5. The van der Waals surface area contributed by atoms with Crippen LogP contribution in [0.5, 0.6) is 5.75 Å². The molecule has 0 radical (unpaired) electrons. The molecule has 1 aliphatic rings. The second kappa shape index (κ2) is 7.96. The summed E-state index contributed by atoms with van der Waals surface area (Å²) in [6, 6.07) is 13.3. The summed E-state index contributed by atoms with van der Waals surface area (Å²) in [6.45, 7) is 3.12. The van der Waals surface area contributed by atoms with Gasteiger partial charge in [0, 0.05) is 24.8 Å². The number of pyridine rings is 1. The van der Waals surface area contributed by atoms with E-state index in [1.807, 2.05) is 19.1 Å². The minimum atomic E-state index is -3.46. The van der Waals surface area contributed by atoms with Crippen LogP contribution in [0.3, 0.4) is 0 Å². The first kappa shape index (κ1) is 19.6. The minimum absolute atomic E-state index is 0.123. The zero-order valence-corrected chi connectivity index (χ0v) is 17.1. The molecule has 1 aromatic carbocycles. The van der Waals surface area contributed by atoms with Gasteiger partial charge in [0.15, 0.2) is 0 Å². The van der Waals surface area contributed by atoms with Crippen molar-refractivity contribution >= 4 is 15.7 Å². The summed E-state index contributed by atoms with van der Waals surface area (Å²) in [6.07, 6.45) is 2.88. The maximum atomic E-state index is 12.7. The van der Waals surface area contributed by atoms with Gasteiger partial charge in [-0.05, 0) is 56.2 Å². The molecule has 0 spiro atoms. The average molecular weight is 413 g/mol. The number of benzene rings is 1. The van der Waals surface area contributed by atoms with Gasteiger partial charge in [0.05, 0.1) is 10.6 Å². The molecule has 0 N–H and O–H groups in total. The summed E-state index contributed by atoms with van der Waals surface area (Å²) in [5.41, 5.74) is 1.75. The molecule has 1 aliphatic heterocycles. The number of ether oxygens (including phenoxy) is 1. The lowest BCUT2D eigenvalue weighted by atomic mass is 10.2. The van der Waals surface area contributed by atoms with Crippen molar-refractivity contribution < 1.29 is 13.2 Å². The number of aryl methyl sites for hydroxylation is 1. The summed E-state index contributed by atoms with van der Waals surface area (Å²) < 4.78 is 34.2. The highest BCUT2D eigenvalue weighted by Gasteiger charge is 2.25. The van der Waals surface area contributed by atoms with Crippen molar-refractivity contribution in [2.24, 2.45) is 0 Å². The third-order valence-electron chi connectivity index (χ3n) is 5.10. The molecule has 0 saturated carbocycles. The molecular formula is C21H23N3O4S. The van der Waals surface area contributed by atoms with Crippen LogP contribution in [0.25, 0.3) is 5.65 Å². The predicted molar refractivity (Wildman–Crippen MR) is 110 cm³/mol. The summed E-state index contributed by atoms with van der Waals surface area (Å²) in [7, 11) is -3.46. The SMILES string of the molecule is Cc1cccc2nc(COc3ccc(S(=O)(=O)N4CCCCC4)cc3)cc(=O)n12. The smallest absolute Gasteiger partial charge is 0.258 e. The Morgan fingerprint density at radius 3 is 2.48 bits per heavy atom. The van der Waals surface area contributed by atoms with E-state index < -0.39 is 10.0 Å². The van der Waals surface area contributed by atoms with Gasteiger partial charge in [-0.15, -0.1) is 0 Å². The normalized spacial score (nSPS) is 15.5. The summed E-state index contributed by atoms with van der Waals surface area (Å²) in [4.78, 5) is 17.1. The Bertz CT molecular complexity index is 1180. The fraction of sp³-hybridized carbons (Fsp3) is 0.333. The van der Waals surface area contributed by atoms with Crippen LogP contribution in [0.2, 0.25) is 0 Å². The van der Waals surface area contributed by atoms with Crippen molar-refractivity contribution in [3.8, 4) is 5.75 Å². The largest absolute Gasteiger partial charge is 0.487 e. The molecule has 1 fully saturated rings. The van der Waals surface area contributed by atoms with Crippen molar-refractivity contribution in [3.05, 3.63) is 70.3 Å². The molecule has 1 saturated heterocycles. The molecule has 0 aliphatic carbocycles. The third kappa shape index (κ3) is 4.04. The maximum absolute atomic E-state index is 12.7. The van der Waals surface area contributed by atoms with Gasteiger partial charge in [0.1, 0.15) is 18.0 Å². The Balaban J connectivity index is 1.48. The molecule has 0 amide bonds. The maximum Gasteiger partial charge on any atom is 0.258 e. The first-order chi connectivity index (χ1) is 13.9. The van der Waals surface area contributed by atoms with Crippen molar-refractivity contribution in [3.63, 3.8) is 0 Å². The zero-order valence-electron chi connectivity index (χ0n) is 16.2. The Hall–Kier alpha value is -2.71. The first-order valence-corrected chi connectivity index (χ1v) is 11.1. The average Bonchev–Trinajstić information content (AvgIpc) is 2.73. The lowest BCUT2D eigenvalue weighted by Gasteiger charge is -2.25. The van der Waals surface area contributed by atoms with E-state index in [0.717, 1.165) is 25.0 Å². The van der Waals surface area contributed by atoms with Gasteiger partial charge in [0.2, 0.25) is 10.0 Å². The molecule has 2 aromatic heterocycles. The van der Waals surface area contributed by atoms with Gasteiger partial charge < -0.3 is 4.74 Å². The molecule has 3 aromatic rings. The topological polar surface area (TPSA) is 81.0 Å². The van der Waals surface area contributed by atoms with E-state index in [2.05, 4.69) is 4.98 Å². The molecule has 3 heterocycles. The fourth-order valence-corrected chi connectivity index (χ4v) is 5.07. The van der Waals surface area contributed by atoms with Crippen LogP contribution in [0.1, 0.15) is 30.7 Å². The van der Waals surface area contributed by atoms with Crippen LogP contribution in [-0.2, 0) is 16.6 Å². The van der Waals surface area contributed by atoms with Crippen LogP contribution in [0.4, 0.5) is 0 Å². The molecule has 152 valence electrons. The summed E-state index contributed by atoms with van der Waals surface area (Å²) in [5, 5.41) is 0. The molecule has 4 rings (SSSR count). The minimum Gasteiger partial charge on any atom is -0.487 e. The second-order valence-corrected chi connectivity index (χ2v) is 9.11. The van der Waals surface area contributed by atoms with Gasteiger partial charge in [-0.2, -0.15) is 4.31 Å². The van der Waals surface area contributed by atoms with Crippen molar-refractivity contribution in [2.75, 3.05) is 13.1 Å². The molecule has 0 unspecified atom stereocenters. The Labute approximate surface area is 169 Å². The molecule has 0 bridgehead atoms. The van der Waals surface area contributed by atoms with E-state index in [9.17, 15) is 13.2 Å². The van der Waals surface area contributed by atoms with Crippen molar-refractivity contribution in [1.29, 1.82) is 0 Å². The van der Waals surface area contributed by atoms with Gasteiger partial charge >= 0.3 is 0 Å². The standard InChI is InChI=1S/C21H23N3O4S/c1-16-6-5-7-20-22-17(14-21(25)24(16)20)15-28-18-8-10-19(11-9-18)29(26,27)23-12-3-2-4-13-23/h5-11,14H,2-4,12-13,15H2,1H3. The summed E-state index contributed by atoms with van der Waals surface area (Å²) >= 11 is 0. The van der Waals surface area contributed by atoms with Gasteiger partial charge in [-0.1, -0.05) is 12.5 Å². The Morgan fingerprint density at radius 2 is 1.76 bits per heavy atom.